The Balaban J connectivity index is 1.48. The molecule has 0 aliphatic carbocycles. The van der Waals surface area contributed by atoms with Crippen molar-refractivity contribution >= 4 is 23.3 Å². The molecule has 138 valence electrons. The Hall–Kier alpha value is -2.92. The van der Waals surface area contributed by atoms with E-state index in [1.807, 2.05) is 24.3 Å². The predicted octanol–water partition coefficient (Wildman–Crippen LogP) is 4.46. The zero-order chi connectivity index (χ0) is 19.1. The quantitative estimate of drug-likeness (QED) is 0.633. The third-order valence-corrected chi connectivity index (χ3v) is 4.31. The zero-order valence-electron chi connectivity index (χ0n) is 14.6. The minimum Gasteiger partial charge on any atom is -0.366 e. The molecule has 0 aliphatic heterocycles. The first-order valence-electron chi connectivity index (χ1n) is 8.58. The first kappa shape index (κ1) is 18.9. The highest BCUT2D eigenvalue weighted by Gasteiger charge is 2.06. The van der Waals surface area contributed by atoms with Gasteiger partial charge in [-0.2, -0.15) is 0 Å². The standard InChI is InChI=1S/C21H19ClFN3O/c22-18-8-5-15(6-9-18)11-12-24-21(27)17-7-10-20(26-14-17)25-13-16-3-1-2-4-19(16)23/h1-10,14H,11-13H2,(H,24,27)(H,25,26). The molecule has 0 spiro atoms. The number of benzene rings is 2. The van der Waals surface area contributed by atoms with Crippen molar-refractivity contribution in [1.82, 2.24) is 10.3 Å². The van der Waals surface area contributed by atoms with Crippen molar-refractivity contribution in [3.8, 4) is 0 Å². The number of hydrogen-bond acceptors (Lipinski definition) is 3. The van der Waals surface area contributed by atoms with Gasteiger partial charge in [-0.25, -0.2) is 9.37 Å². The predicted molar refractivity (Wildman–Crippen MR) is 105 cm³/mol. The molecule has 2 aromatic carbocycles. The Labute approximate surface area is 162 Å². The molecular weight excluding hydrogens is 365 g/mol. The van der Waals surface area contributed by atoms with Gasteiger partial charge in [-0.15, -0.1) is 0 Å². The number of nitrogens with zero attached hydrogens (tertiary/aromatic N) is 1. The molecule has 4 nitrogen and oxygen atoms in total. The van der Waals surface area contributed by atoms with E-state index in [-0.39, 0.29) is 11.7 Å². The van der Waals surface area contributed by atoms with Gasteiger partial charge in [-0.05, 0) is 42.3 Å². The second kappa shape index (κ2) is 9.14. The van der Waals surface area contributed by atoms with Crippen molar-refractivity contribution in [2.75, 3.05) is 11.9 Å². The van der Waals surface area contributed by atoms with Crippen molar-refractivity contribution in [2.45, 2.75) is 13.0 Å². The van der Waals surface area contributed by atoms with Gasteiger partial charge in [-0.3, -0.25) is 4.79 Å². The number of carbonyl (C=O) groups is 1. The van der Waals surface area contributed by atoms with Crippen LogP contribution < -0.4 is 10.6 Å². The largest absolute Gasteiger partial charge is 0.366 e. The number of carbonyl (C=O) groups excluding carboxylic acids is 1. The highest BCUT2D eigenvalue weighted by atomic mass is 35.5. The average Bonchev–Trinajstić information content (AvgIpc) is 2.69. The number of nitrogens with one attached hydrogen (secondary N) is 2. The summed E-state index contributed by atoms with van der Waals surface area (Å²) in [7, 11) is 0. The lowest BCUT2D eigenvalue weighted by atomic mass is 10.1. The number of amides is 1. The Morgan fingerprint density at radius 1 is 1.04 bits per heavy atom. The maximum Gasteiger partial charge on any atom is 0.252 e. The summed E-state index contributed by atoms with van der Waals surface area (Å²) in [4.78, 5) is 16.4. The SMILES string of the molecule is O=C(NCCc1ccc(Cl)cc1)c1ccc(NCc2ccccc2F)nc1. The van der Waals surface area contributed by atoms with Gasteiger partial charge >= 0.3 is 0 Å². The van der Waals surface area contributed by atoms with E-state index in [0.717, 1.165) is 12.0 Å². The van der Waals surface area contributed by atoms with Crippen LogP contribution >= 0.6 is 11.6 Å². The lowest BCUT2D eigenvalue weighted by Gasteiger charge is -2.08. The Morgan fingerprint density at radius 3 is 2.52 bits per heavy atom. The van der Waals surface area contributed by atoms with Crippen molar-refractivity contribution in [3.05, 3.63) is 94.4 Å². The van der Waals surface area contributed by atoms with E-state index in [1.54, 1.807) is 30.3 Å². The summed E-state index contributed by atoms with van der Waals surface area (Å²) in [6, 6.07) is 17.5. The molecule has 0 atom stereocenters. The van der Waals surface area contributed by atoms with Crippen LogP contribution in [0, 0.1) is 5.82 Å². The lowest BCUT2D eigenvalue weighted by Crippen LogP contribution is -2.25. The van der Waals surface area contributed by atoms with E-state index < -0.39 is 0 Å². The van der Waals surface area contributed by atoms with Crippen LogP contribution in [0.5, 0.6) is 0 Å². The van der Waals surface area contributed by atoms with Crippen molar-refractivity contribution in [3.63, 3.8) is 0 Å². The number of hydrogen-bond donors (Lipinski definition) is 2. The van der Waals surface area contributed by atoms with Gasteiger partial charge in [0.15, 0.2) is 0 Å². The van der Waals surface area contributed by atoms with Gasteiger partial charge in [-0.1, -0.05) is 41.9 Å². The van der Waals surface area contributed by atoms with E-state index in [0.29, 0.717) is 35.1 Å². The maximum atomic E-state index is 13.6. The molecule has 3 rings (SSSR count). The number of aromatic nitrogens is 1. The minimum absolute atomic E-state index is 0.183. The first-order chi connectivity index (χ1) is 13.1. The molecule has 1 heterocycles. The van der Waals surface area contributed by atoms with Gasteiger partial charge < -0.3 is 10.6 Å². The molecule has 1 amide bonds. The zero-order valence-corrected chi connectivity index (χ0v) is 15.3. The van der Waals surface area contributed by atoms with E-state index >= 15 is 0 Å². The number of halogens is 2. The first-order valence-corrected chi connectivity index (χ1v) is 8.95. The molecule has 0 unspecified atom stereocenters. The van der Waals surface area contributed by atoms with E-state index in [4.69, 9.17) is 11.6 Å². The Kier molecular flexibility index (Phi) is 6.39. The van der Waals surface area contributed by atoms with Crippen LogP contribution in [0.3, 0.4) is 0 Å². The van der Waals surface area contributed by atoms with Gasteiger partial charge in [0, 0.05) is 29.9 Å². The fourth-order valence-corrected chi connectivity index (χ4v) is 2.66. The lowest BCUT2D eigenvalue weighted by molar-refractivity contribution is 0.0954. The van der Waals surface area contributed by atoms with E-state index in [2.05, 4.69) is 15.6 Å². The Bertz CT molecular complexity index is 898. The van der Waals surface area contributed by atoms with Gasteiger partial charge in [0.2, 0.25) is 0 Å². The molecule has 0 radical (unpaired) electrons. The Morgan fingerprint density at radius 2 is 1.81 bits per heavy atom. The third-order valence-electron chi connectivity index (χ3n) is 4.06. The number of anilines is 1. The summed E-state index contributed by atoms with van der Waals surface area (Å²) in [6.07, 6.45) is 2.22. The van der Waals surface area contributed by atoms with E-state index in [1.165, 1.54) is 12.3 Å². The highest BCUT2D eigenvalue weighted by Crippen LogP contribution is 2.11. The third kappa shape index (κ3) is 5.53. The second-order valence-electron chi connectivity index (χ2n) is 6.01. The monoisotopic (exact) mass is 383 g/mol. The molecule has 0 saturated carbocycles. The fourth-order valence-electron chi connectivity index (χ4n) is 2.53. The molecule has 0 aliphatic rings. The summed E-state index contributed by atoms with van der Waals surface area (Å²) in [6.45, 7) is 0.847. The molecule has 27 heavy (non-hydrogen) atoms. The average molecular weight is 384 g/mol. The summed E-state index contributed by atoms with van der Waals surface area (Å²) < 4.78 is 13.6. The summed E-state index contributed by atoms with van der Waals surface area (Å²) in [5, 5.41) is 6.60. The summed E-state index contributed by atoms with van der Waals surface area (Å²) in [5.74, 6) is 0.134. The summed E-state index contributed by atoms with van der Waals surface area (Å²) in [5.41, 5.74) is 2.14. The second-order valence-corrected chi connectivity index (χ2v) is 6.45. The van der Waals surface area contributed by atoms with Gasteiger partial charge in [0.05, 0.1) is 5.56 Å². The smallest absolute Gasteiger partial charge is 0.252 e. The molecule has 3 aromatic rings. The van der Waals surface area contributed by atoms with Crippen molar-refractivity contribution < 1.29 is 9.18 Å². The molecule has 2 N–H and O–H groups in total. The van der Waals surface area contributed by atoms with Crippen LogP contribution in [-0.4, -0.2) is 17.4 Å². The minimum atomic E-state index is -0.262. The van der Waals surface area contributed by atoms with Crippen LogP contribution in [0.2, 0.25) is 5.02 Å². The van der Waals surface area contributed by atoms with Crippen LogP contribution in [0.15, 0.2) is 66.9 Å². The molecule has 1 aromatic heterocycles. The molecular formula is C21H19ClFN3O. The molecule has 0 bridgehead atoms. The van der Waals surface area contributed by atoms with Crippen molar-refractivity contribution in [2.24, 2.45) is 0 Å². The summed E-state index contributed by atoms with van der Waals surface area (Å²) >= 11 is 5.85. The van der Waals surface area contributed by atoms with Crippen LogP contribution in [0.1, 0.15) is 21.5 Å². The van der Waals surface area contributed by atoms with E-state index in [9.17, 15) is 9.18 Å². The van der Waals surface area contributed by atoms with Gasteiger partial charge in [0.1, 0.15) is 11.6 Å². The molecule has 0 fully saturated rings. The van der Waals surface area contributed by atoms with Crippen molar-refractivity contribution in [1.29, 1.82) is 0 Å². The number of rotatable bonds is 7. The van der Waals surface area contributed by atoms with Crippen LogP contribution in [0.25, 0.3) is 0 Å². The van der Waals surface area contributed by atoms with Crippen LogP contribution in [-0.2, 0) is 13.0 Å². The topological polar surface area (TPSA) is 54.0 Å². The molecule has 0 saturated heterocycles. The molecule has 6 heteroatoms. The fraction of sp³-hybridized carbons (Fsp3) is 0.143. The van der Waals surface area contributed by atoms with Crippen LogP contribution in [0.4, 0.5) is 10.2 Å². The maximum absolute atomic E-state index is 13.6. The number of pyridine rings is 1. The normalized spacial score (nSPS) is 10.4. The van der Waals surface area contributed by atoms with Gasteiger partial charge in [0.25, 0.3) is 5.91 Å². The highest BCUT2D eigenvalue weighted by molar-refractivity contribution is 6.30.